The molecule has 2 nitrogen and oxygen atoms in total. The van der Waals surface area contributed by atoms with Crippen LogP contribution in [0.2, 0.25) is 19.6 Å². The molecule has 0 N–H and O–H groups in total. The summed E-state index contributed by atoms with van der Waals surface area (Å²) in [5.41, 5.74) is 2.82. The van der Waals surface area contributed by atoms with Crippen LogP contribution in [0.1, 0.15) is 5.56 Å². The summed E-state index contributed by atoms with van der Waals surface area (Å²) in [6.07, 6.45) is 3.55. The fraction of sp³-hybridized carbons (Fsp3) is 0.467. The molecule has 0 saturated heterocycles. The van der Waals surface area contributed by atoms with Crippen LogP contribution < -0.4 is 0 Å². The van der Waals surface area contributed by atoms with Crippen LogP contribution in [-0.4, -0.2) is 31.6 Å². The van der Waals surface area contributed by atoms with Gasteiger partial charge in [0.15, 0.2) is 0 Å². The molecule has 0 aliphatic rings. The van der Waals surface area contributed by atoms with Crippen LogP contribution in [0, 0.1) is 0 Å². The molecule has 0 spiro atoms. The lowest BCUT2D eigenvalue weighted by Gasteiger charge is -2.17. The Morgan fingerprint density at radius 3 is 2.39 bits per heavy atom. The van der Waals surface area contributed by atoms with Crippen LogP contribution in [0.3, 0.4) is 0 Å². The van der Waals surface area contributed by atoms with Gasteiger partial charge in [-0.2, -0.15) is 0 Å². The largest absolute Gasteiger partial charge is 0.350 e. The van der Waals surface area contributed by atoms with Crippen molar-refractivity contribution in [2.24, 2.45) is 0 Å². The van der Waals surface area contributed by atoms with E-state index in [0.29, 0.717) is 0 Å². The van der Waals surface area contributed by atoms with E-state index in [1.54, 1.807) is 0 Å². The third kappa shape index (κ3) is 3.03. The summed E-state index contributed by atoms with van der Waals surface area (Å²) in [5.74, 6) is 0. The van der Waals surface area contributed by atoms with Gasteiger partial charge in [0.1, 0.15) is 0 Å². The monoisotopic (exact) mass is 260 g/mol. The van der Waals surface area contributed by atoms with E-state index in [1.807, 2.05) is 0 Å². The average molecular weight is 260 g/mol. The highest BCUT2D eigenvalue weighted by molar-refractivity contribution is 6.75. The van der Waals surface area contributed by atoms with Crippen molar-refractivity contribution >= 4 is 19.0 Å². The maximum Gasteiger partial charge on any atom is 0.0671 e. The quantitative estimate of drug-likeness (QED) is 0.763. The molecule has 3 heteroatoms. The topological polar surface area (TPSA) is 8.17 Å². The zero-order valence-corrected chi connectivity index (χ0v) is 13.2. The van der Waals surface area contributed by atoms with Crippen LogP contribution in [0.15, 0.2) is 30.5 Å². The lowest BCUT2D eigenvalue weighted by Crippen LogP contribution is -2.27. The number of rotatable bonds is 4. The fourth-order valence-corrected chi connectivity index (χ4v) is 3.72. The highest BCUT2D eigenvalue weighted by Gasteiger charge is 2.16. The SMILES string of the molecule is CN(C)Cc1cn(C[Si](C)(C)C)c2ccccc12. The predicted molar refractivity (Wildman–Crippen MR) is 82.7 cm³/mol. The van der Waals surface area contributed by atoms with Crippen molar-refractivity contribution < 1.29 is 0 Å². The van der Waals surface area contributed by atoms with E-state index in [-0.39, 0.29) is 0 Å². The third-order valence-electron chi connectivity index (χ3n) is 3.00. The molecule has 1 heterocycles. The number of nitrogens with zero attached hydrogens (tertiary/aromatic N) is 2. The number of para-hydroxylation sites is 1. The number of aromatic nitrogens is 1. The van der Waals surface area contributed by atoms with Crippen molar-refractivity contribution in [2.45, 2.75) is 32.4 Å². The molecule has 0 unspecified atom stereocenters. The Bertz CT molecular complexity index is 535. The molecule has 98 valence electrons. The standard InChI is InChI=1S/C15H24N2Si/c1-16(2)10-13-11-17(12-18(3,4)5)15-9-7-6-8-14(13)15/h6-9,11H,10,12H2,1-5H3. The summed E-state index contributed by atoms with van der Waals surface area (Å²) in [5, 5.41) is 1.41. The Kier molecular flexibility index (Phi) is 3.64. The molecule has 0 saturated carbocycles. The van der Waals surface area contributed by atoms with Crippen LogP contribution >= 0.6 is 0 Å². The second-order valence-corrected chi connectivity index (χ2v) is 12.0. The third-order valence-corrected chi connectivity index (χ3v) is 4.29. The Hall–Kier alpha value is -1.06. The van der Waals surface area contributed by atoms with Crippen LogP contribution in [0.25, 0.3) is 10.9 Å². The van der Waals surface area contributed by atoms with E-state index < -0.39 is 8.07 Å². The minimum absolute atomic E-state index is 1.01. The summed E-state index contributed by atoms with van der Waals surface area (Å²) in [6, 6.07) is 8.77. The highest BCUT2D eigenvalue weighted by Crippen LogP contribution is 2.23. The summed E-state index contributed by atoms with van der Waals surface area (Å²) >= 11 is 0. The van der Waals surface area contributed by atoms with Gasteiger partial charge < -0.3 is 9.47 Å². The molecule has 2 rings (SSSR count). The van der Waals surface area contributed by atoms with E-state index in [2.05, 4.69) is 73.7 Å². The zero-order valence-electron chi connectivity index (χ0n) is 12.2. The summed E-state index contributed by atoms with van der Waals surface area (Å²) in [6.45, 7) is 8.29. The minimum Gasteiger partial charge on any atom is -0.350 e. The second-order valence-electron chi connectivity index (χ2n) is 6.60. The van der Waals surface area contributed by atoms with Crippen molar-refractivity contribution in [1.82, 2.24) is 9.47 Å². The molecule has 0 aliphatic heterocycles. The van der Waals surface area contributed by atoms with Gasteiger partial charge in [-0.15, -0.1) is 0 Å². The van der Waals surface area contributed by atoms with Crippen LogP contribution in [0.5, 0.6) is 0 Å². The molecule has 18 heavy (non-hydrogen) atoms. The van der Waals surface area contributed by atoms with E-state index in [1.165, 1.54) is 22.6 Å². The highest BCUT2D eigenvalue weighted by atomic mass is 28.3. The lowest BCUT2D eigenvalue weighted by molar-refractivity contribution is 0.403. The molecule has 0 bridgehead atoms. The van der Waals surface area contributed by atoms with Gasteiger partial charge in [0, 0.05) is 29.8 Å². The Labute approximate surface area is 111 Å². The molecule has 1 aromatic carbocycles. The molecule has 0 amide bonds. The van der Waals surface area contributed by atoms with Crippen LogP contribution in [-0.2, 0) is 12.7 Å². The molecular formula is C15H24N2Si. The molecule has 1 aromatic heterocycles. The predicted octanol–water partition coefficient (Wildman–Crippen LogP) is 3.58. The van der Waals surface area contributed by atoms with Gasteiger partial charge in [-0.05, 0) is 25.7 Å². The van der Waals surface area contributed by atoms with Crippen LogP contribution in [0.4, 0.5) is 0 Å². The van der Waals surface area contributed by atoms with Gasteiger partial charge in [0.2, 0.25) is 0 Å². The number of hydrogen-bond acceptors (Lipinski definition) is 1. The van der Waals surface area contributed by atoms with Gasteiger partial charge in [-0.3, -0.25) is 0 Å². The Balaban J connectivity index is 2.47. The first kappa shape index (κ1) is 13.4. The van der Waals surface area contributed by atoms with Gasteiger partial charge >= 0.3 is 0 Å². The molecule has 0 aliphatic carbocycles. The smallest absolute Gasteiger partial charge is 0.0671 e. The molecule has 0 atom stereocenters. The normalized spacial score (nSPS) is 12.6. The molecule has 0 fully saturated rings. The minimum atomic E-state index is -1.09. The van der Waals surface area contributed by atoms with Crippen molar-refractivity contribution in [3.63, 3.8) is 0 Å². The van der Waals surface area contributed by atoms with Crippen molar-refractivity contribution in [3.05, 3.63) is 36.0 Å². The summed E-state index contributed by atoms with van der Waals surface area (Å²) in [4.78, 5) is 2.24. The molecule has 2 aromatic rings. The lowest BCUT2D eigenvalue weighted by atomic mass is 10.2. The van der Waals surface area contributed by atoms with Crippen molar-refractivity contribution in [3.8, 4) is 0 Å². The maximum absolute atomic E-state index is 2.46. The van der Waals surface area contributed by atoms with Gasteiger partial charge in [-0.25, -0.2) is 0 Å². The Morgan fingerprint density at radius 2 is 1.78 bits per heavy atom. The first-order chi connectivity index (χ1) is 8.37. The zero-order chi connectivity index (χ0) is 13.3. The molecular weight excluding hydrogens is 236 g/mol. The number of fused-ring (bicyclic) bond motifs is 1. The number of hydrogen-bond donors (Lipinski definition) is 0. The first-order valence-electron chi connectivity index (χ1n) is 6.58. The fourth-order valence-electron chi connectivity index (χ4n) is 2.43. The van der Waals surface area contributed by atoms with Crippen molar-refractivity contribution in [2.75, 3.05) is 14.1 Å². The average Bonchev–Trinajstić information content (AvgIpc) is 2.54. The molecule has 0 radical (unpaired) electrons. The summed E-state index contributed by atoms with van der Waals surface area (Å²) < 4.78 is 2.46. The summed E-state index contributed by atoms with van der Waals surface area (Å²) in [7, 11) is 3.17. The first-order valence-corrected chi connectivity index (χ1v) is 10.3. The van der Waals surface area contributed by atoms with Gasteiger partial charge in [-0.1, -0.05) is 37.8 Å². The number of benzene rings is 1. The van der Waals surface area contributed by atoms with Gasteiger partial charge in [0.05, 0.1) is 8.07 Å². The van der Waals surface area contributed by atoms with E-state index in [4.69, 9.17) is 0 Å². The van der Waals surface area contributed by atoms with Crippen molar-refractivity contribution in [1.29, 1.82) is 0 Å². The van der Waals surface area contributed by atoms with E-state index in [0.717, 1.165) is 6.54 Å². The second kappa shape index (κ2) is 4.90. The Morgan fingerprint density at radius 1 is 1.11 bits per heavy atom. The van der Waals surface area contributed by atoms with E-state index in [9.17, 15) is 0 Å². The van der Waals surface area contributed by atoms with E-state index >= 15 is 0 Å². The van der Waals surface area contributed by atoms with Gasteiger partial charge in [0.25, 0.3) is 0 Å². The maximum atomic E-state index is 2.46.